The fraction of sp³-hybridized carbons (Fsp3) is 0.560. The van der Waals surface area contributed by atoms with E-state index < -0.39 is 0 Å². The zero-order chi connectivity index (χ0) is 24.1. The number of rotatable bonds is 8. The van der Waals surface area contributed by atoms with E-state index in [0.717, 1.165) is 76.6 Å². The topological polar surface area (TPSA) is 108 Å². The number of piperazine rings is 2. The third-order valence-corrected chi connectivity index (χ3v) is 7.23. The molecule has 0 bridgehead atoms. The highest BCUT2D eigenvalue weighted by Crippen LogP contribution is 2.33. The number of hydrogen-bond donors (Lipinski definition) is 2. The van der Waals surface area contributed by atoms with Crippen LogP contribution in [-0.4, -0.2) is 101 Å². The lowest BCUT2D eigenvalue weighted by Crippen LogP contribution is -2.53. The number of aromatic nitrogens is 2. The van der Waals surface area contributed by atoms with Crippen LogP contribution in [-0.2, 0) is 4.79 Å². The molecule has 2 unspecified atom stereocenters. The van der Waals surface area contributed by atoms with E-state index in [0.29, 0.717) is 11.6 Å². The first-order valence-corrected chi connectivity index (χ1v) is 12.4. The second-order valence-electron chi connectivity index (χ2n) is 9.18. The van der Waals surface area contributed by atoms with Crippen molar-refractivity contribution >= 4 is 17.4 Å². The van der Waals surface area contributed by atoms with Gasteiger partial charge in [-0.15, -0.1) is 0 Å². The van der Waals surface area contributed by atoms with E-state index in [9.17, 15) is 4.79 Å². The van der Waals surface area contributed by atoms with Crippen molar-refractivity contribution in [3.05, 3.63) is 47.8 Å². The summed E-state index contributed by atoms with van der Waals surface area (Å²) in [4.78, 5) is 32.6. The molecule has 2 atom stereocenters. The number of hydrogen-bond acceptors (Lipinski definition) is 9. The van der Waals surface area contributed by atoms with Crippen molar-refractivity contribution in [3.63, 3.8) is 0 Å². The number of nitrogens with zero attached hydrogens (tertiary/aromatic N) is 6. The van der Waals surface area contributed by atoms with Crippen molar-refractivity contribution in [2.24, 2.45) is 0 Å². The molecule has 4 N–H and O–H groups in total. The van der Waals surface area contributed by atoms with E-state index in [1.807, 2.05) is 12.1 Å². The summed E-state index contributed by atoms with van der Waals surface area (Å²) in [6, 6.07) is 6.70. The molecule has 184 valence electrons. The first-order valence-electron chi connectivity index (χ1n) is 12.4. The van der Waals surface area contributed by atoms with Gasteiger partial charge in [-0.2, -0.15) is 0 Å². The van der Waals surface area contributed by atoms with Crippen molar-refractivity contribution in [3.8, 4) is 0 Å². The first-order chi connectivity index (χ1) is 16.5. The van der Waals surface area contributed by atoms with Crippen LogP contribution in [0.15, 0.2) is 36.7 Å². The van der Waals surface area contributed by atoms with Crippen molar-refractivity contribution < 1.29 is 4.79 Å². The van der Waals surface area contributed by atoms with Crippen LogP contribution in [0.4, 0.5) is 11.6 Å². The average Bonchev–Trinajstić information content (AvgIpc) is 2.87. The Morgan fingerprint density at radius 1 is 0.735 bits per heavy atom. The summed E-state index contributed by atoms with van der Waals surface area (Å²) in [5.74, 6) is 1.08. The van der Waals surface area contributed by atoms with E-state index in [2.05, 4.69) is 43.4 Å². The number of likely N-dealkylation sites (N-methyl/N-ethyl adjacent to an activating group) is 2. The second kappa shape index (κ2) is 11.2. The summed E-state index contributed by atoms with van der Waals surface area (Å²) in [5, 5.41) is 0. The van der Waals surface area contributed by atoms with Crippen LogP contribution in [0.3, 0.4) is 0 Å². The fourth-order valence-electron chi connectivity index (χ4n) is 5.09. The van der Waals surface area contributed by atoms with Crippen molar-refractivity contribution in [2.45, 2.75) is 25.9 Å². The Hall–Kier alpha value is -2.59. The van der Waals surface area contributed by atoms with Gasteiger partial charge >= 0.3 is 0 Å². The molecule has 0 aliphatic carbocycles. The van der Waals surface area contributed by atoms with Crippen LogP contribution >= 0.6 is 0 Å². The molecule has 9 heteroatoms. The zero-order valence-corrected chi connectivity index (χ0v) is 20.4. The number of carbonyl (C=O) groups is 1. The molecule has 0 spiro atoms. The van der Waals surface area contributed by atoms with Crippen molar-refractivity contribution in [1.29, 1.82) is 0 Å². The Morgan fingerprint density at radius 2 is 1.12 bits per heavy atom. The van der Waals surface area contributed by atoms with Gasteiger partial charge in [0.1, 0.15) is 11.6 Å². The molecule has 2 aromatic rings. The summed E-state index contributed by atoms with van der Waals surface area (Å²) in [7, 11) is 0. The molecular weight excluding hydrogens is 428 g/mol. The van der Waals surface area contributed by atoms with Gasteiger partial charge in [0.25, 0.3) is 0 Å². The lowest BCUT2D eigenvalue weighted by atomic mass is 9.91. The molecule has 2 aliphatic heterocycles. The quantitative estimate of drug-likeness (QED) is 0.594. The van der Waals surface area contributed by atoms with Crippen LogP contribution in [0.25, 0.3) is 0 Å². The SMILES string of the molecule is CCN1CCN(C(C(=O)C(c2ccc(N)nc2)N2CCN(CC)CC2)c2ccc(N)nc2)CC1. The van der Waals surface area contributed by atoms with Gasteiger partial charge in [-0.3, -0.25) is 14.6 Å². The highest BCUT2D eigenvalue weighted by molar-refractivity contribution is 5.91. The van der Waals surface area contributed by atoms with Gasteiger partial charge in [0.2, 0.25) is 0 Å². The van der Waals surface area contributed by atoms with Crippen LogP contribution < -0.4 is 11.5 Å². The highest BCUT2D eigenvalue weighted by atomic mass is 16.1. The summed E-state index contributed by atoms with van der Waals surface area (Å²) < 4.78 is 0. The first kappa shape index (κ1) is 24.5. The van der Waals surface area contributed by atoms with Crippen LogP contribution in [0.5, 0.6) is 0 Å². The minimum Gasteiger partial charge on any atom is -0.384 e. The summed E-state index contributed by atoms with van der Waals surface area (Å²) in [6.45, 7) is 13.6. The zero-order valence-electron chi connectivity index (χ0n) is 20.4. The van der Waals surface area contributed by atoms with Crippen LogP contribution in [0.2, 0.25) is 0 Å². The Morgan fingerprint density at radius 3 is 1.41 bits per heavy atom. The normalized spacial score (nSPS) is 20.8. The number of carbonyl (C=O) groups excluding carboxylic acids is 1. The molecule has 2 aliphatic rings. The Labute approximate surface area is 202 Å². The van der Waals surface area contributed by atoms with E-state index in [4.69, 9.17) is 11.5 Å². The Bertz CT molecular complexity index is 843. The number of ketones is 1. The average molecular weight is 467 g/mol. The maximum absolute atomic E-state index is 14.5. The molecule has 0 radical (unpaired) electrons. The standard InChI is InChI=1S/C25H38N8O/c1-3-30-9-13-32(14-10-30)23(19-5-7-21(26)28-17-19)25(34)24(20-6-8-22(27)29-18-20)33-15-11-31(4-2)12-16-33/h5-8,17-18,23-24H,3-4,9-16H2,1-2H3,(H2,26,28)(H2,27,29). The third kappa shape index (κ3) is 5.55. The molecule has 2 saturated heterocycles. The summed E-state index contributed by atoms with van der Waals surface area (Å²) >= 11 is 0. The highest BCUT2D eigenvalue weighted by Gasteiger charge is 2.39. The lowest BCUT2D eigenvalue weighted by Gasteiger charge is -2.43. The van der Waals surface area contributed by atoms with E-state index in [1.165, 1.54) is 0 Å². The van der Waals surface area contributed by atoms with Crippen molar-refractivity contribution in [1.82, 2.24) is 29.6 Å². The van der Waals surface area contributed by atoms with Gasteiger partial charge in [0.05, 0.1) is 12.1 Å². The largest absolute Gasteiger partial charge is 0.384 e. The third-order valence-electron chi connectivity index (χ3n) is 7.23. The molecule has 9 nitrogen and oxygen atoms in total. The predicted octanol–water partition coefficient (Wildman–Crippen LogP) is 1.27. The maximum atomic E-state index is 14.5. The molecular formula is C25H38N8O. The number of anilines is 2. The number of pyridine rings is 2. The maximum Gasteiger partial charge on any atom is 0.176 e. The minimum atomic E-state index is -0.390. The van der Waals surface area contributed by atoms with Crippen molar-refractivity contribution in [2.75, 3.05) is 76.9 Å². The monoisotopic (exact) mass is 466 g/mol. The van der Waals surface area contributed by atoms with Crippen LogP contribution in [0, 0.1) is 0 Å². The second-order valence-corrected chi connectivity index (χ2v) is 9.18. The Balaban J connectivity index is 1.68. The molecule has 0 amide bonds. The van der Waals surface area contributed by atoms with Gasteiger partial charge in [0, 0.05) is 64.8 Å². The molecule has 4 heterocycles. The van der Waals surface area contributed by atoms with E-state index in [1.54, 1.807) is 24.5 Å². The molecule has 0 aromatic carbocycles. The molecule has 4 rings (SSSR count). The van der Waals surface area contributed by atoms with Gasteiger partial charge in [-0.1, -0.05) is 26.0 Å². The molecule has 34 heavy (non-hydrogen) atoms. The molecule has 2 fully saturated rings. The summed E-state index contributed by atoms with van der Waals surface area (Å²) in [5.41, 5.74) is 13.5. The summed E-state index contributed by atoms with van der Waals surface area (Å²) in [6.07, 6.45) is 3.52. The van der Waals surface area contributed by atoms with E-state index in [-0.39, 0.29) is 17.9 Å². The van der Waals surface area contributed by atoms with Gasteiger partial charge in [-0.25, -0.2) is 9.97 Å². The lowest BCUT2D eigenvalue weighted by molar-refractivity contribution is -0.132. The number of Topliss-reactive ketones (excluding diaryl/α,β-unsaturated/α-hetero) is 1. The molecule has 0 saturated carbocycles. The van der Waals surface area contributed by atoms with E-state index >= 15 is 0 Å². The van der Waals surface area contributed by atoms with Gasteiger partial charge < -0.3 is 21.3 Å². The van der Waals surface area contributed by atoms with Crippen LogP contribution in [0.1, 0.15) is 37.1 Å². The minimum absolute atomic E-state index is 0.160. The van der Waals surface area contributed by atoms with Gasteiger partial charge in [-0.05, 0) is 36.3 Å². The smallest absolute Gasteiger partial charge is 0.176 e. The number of nitrogen functional groups attached to an aromatic ring is 2. The fourth-order valence-corrected chi connectivity index (χ4v) is 5.09. The van der Waals surface area contributed by atoms with Gasteiger partial charge in [0.15, 0.2) is 5.78 Å². The number of nitrogens with two attached hydrogens (primary N) is 2. The predicted molar refractivity (Wildman–Crippen MR) is 135 cm³/mol. The molecule has 2 aromatic heterocycles. The Kier molecular flexibility index (Phi) is 8.10.